The highest BCUT2D eigenvalue weighted by Crippen LogP contribution is 2.28. The first kappa shape index (κ1) is 16.0. The largest absolute Gasteiger partial charge is 0.382 e. The summed E-state index contributed by atoms with van der Waals surface area (Å²) in [5.41, 5.74) is 5.87. The molecular formula is C13H23N5O2S. The molecule has 0 aliphatic carbocycles. The SMILES string of the molecule is CN(C)CCCNC(=O)c1sc(N2CCOCC2)nc1N. The Morgan fingerprint density at radius 1 is 1.48 bits per heavy atom. The maximum absolute atomic E-state index is 12.1. The monoisotopic (exact) mass is 313 g/mol. The second-order valence-electron chi connectivity index (χ2n) is 5.22. The van der Waals surface area contributed by atoms with Crippen LogP contribution in [0.4, 0.5) is 10.9 Å². The van der Waals surface area contributed by atoms with E-state index in [0.29, 0.717) is 30.5 Å². The summed E-state index contributed by atoms with van der Waals surface area (Å²) in [6.45, 7) is 4.53. The zero-order valence-corrected chi connectivity index (χ0v) is 13.4. The van der Waals surface area contributed by atoms with Crippen molar-refractivity contribution in [1.82, 2.24) is 15.2 Å². The Hall–Kier alpha value is -1.38. The van der Waals surface area contributed by atoms with Crippen molar-refractivity contribution < 1.29 is 9.53 Å². The summed E-state index contributed by atoms with van der Waals surface area (Å²) in [5, 5.41) is 3.69. The lowest BCUT2D eigenvalue weighted by Crippen LogP contribution is -2.36. The molecule has 0 saturated carbocycles. The number of thiazole rings is 1. The van der Waals surface area contributed by atoms with E-state index in [0.717, 1.165) is 31.2 Å². The summed E-state index contributed by atoms with van der Waals surface area (Å²) in [5.74, 6) is 0.176. The van der Waals surface area contributed by atoms with Gasteiger partial charge in [-0.25, -0.2) is 4.98 Å². The van der Waals surface area contributed by atoms with Gasteiger partial charge in [0, 0.05) is 19.6 Å². The van der Waals surface area contributed by atoms with Crippen molar-refractivity contribution in [3.8, 4) is 0 Å². The molecule has 0 radical (unpaired) electrons. The predicted molar refractivity (Wildman–Crippen MR) is 85.1 cm³/mol. The normalized spacial score (nSPS) is 15.5. The molecule has 0 spiro atoms. The van der Waals surface area contributed by atoms with Gasteiger partial charge in [0.1, 0.15) is 10.7 Å². The molecule has 1 amide bonds. The number of nitrogens with one attached hydrogen (secondary N) is 1. The average Bonchev–Trinajstić information content (AvgIpc) is 2.86. The van der Waals surface area contributed by atoms with Crippen LogP contribution in [0.5, 0.6) is 0 Å². The van der Waals surface area contributed by atoms with Crippen LogP contribution in [0.2, 0.25) is 0 Å². The molecule has 8 heteroatoms. The fourth-order valence-corrected chi connectivity index (χ4v) is 3.00. The first-order valence-corrected chi connectivity index (χ1v) is 7.91. The molecule has 3 N–H and O–H groups in total. The smallest absolute Gasteiger partial charge is 0.265 e. The van der Waals surface area contributed by atoms with Gasteiger partial charge in [-0.05, 0) is 27.1 Å². The van der Waals surface area contributed by atoms with Crippen LogP contribution < -0.4 is 16.0 Å². The molecule has 2 heterocycles. The van der Waals surface area contributed by atoms with Crippen LogP contribution in [0.25, 0.3) is 0 Å². The van der Waals surface area contributed by atoms with Crippen LogP contribution in [0.15, 0.2) is 0 Å². The minimum atomic E-state index is -0.136. The van der Waals surface area contributed by atoms with Crippen molar-refractivity contribution in [1.29, 1.82) is 0 Å². The summed E-state index contributed by atoms with van der Waals surface area (Å²) >= 11 is 1.35. The number of anilines is 2. The fraction of sp³-hybridized carbons (Fsp3) is 0.692. The lowest BCUT2D eigenvalue weighted by molar-refractivity contribution is 0.0957. The van der Waals surface area contributed by atoms with Crippen molar-refractivity contribution in [3.05, 3.63) is 4.88 Å². The summed E-state index contributed by atoms with van der Waals surface area (Å²) in [7, 11) is 4.02. The molecule has 0 atom stereocenters. The third-order valence-corrected chi connectivity index (χ3v) is 4.33. The molecule has 7 nitrogen and oxygen atoms in total. The molecule has 2 rings (SSSR count). The number of aromatic nitrogens is 1. The van der Waals surface area contributed by atoms with Crippen molar-refractivity contribution in [2.75, 3.05) is 64.1 Å². The highest BCUT2D eigenvalue weighted by molar-refractivity contribution is 7.18. The van der Waals surface area contributed by atoms with Gasteiger partial charge in [0.15, 0.2) is 5.13 Å². The van der Waals surface area contributed by atoms with Gasteiger partial charge in [0.05, 0.1) is 13.2 Å². The van der Waals surface area contributed by atoms with Crippen LogP contribution in [-0.4, -0.2) is 69.3 Å². The highest BCUT2D eigenvalue weighted by Gasteiger charge is 2.20. The van der Waals surface area contributed by atoms with E-state index in [1.165, 1.54) is 11.3 Å². The first-order chi connectivity index (χ1) is 10.1. The molecule has 1 aliphatic rings. The minimum Gasteiger partial charge on any atom is -0.382 e. The van der Waals surface area contributed by atoms with Gasteiger partial charge in [0.25, 0.3) is 5.91 Å². The van der Waals surface area contributed by atoms with E-state index in [9.17, 15) is 4.79 Å². The lowest BCUT2D eigenvalue weighted by atomic mass is 10.4. The van der Waals surface area contributed by atoms with E-state index in [4.69, 9.17) is 10.5 Å². The number of carbonyl (C=O) groups excluding carboxylic acids is 1. The molecule has 1 aliphatic heterocycles. The minimum absolute atomic E-state index is 0.136. The highest BCUT2D eigenvalue weighted by atomic mass is 32.1. The van der Waals surface area contributed by atoms with Crippen LogP contribution >= 0.6 is 11.3 Å². The van der Waals surface area contributed by atoms with E-state index in [1.807, 2.05) is 14.1 Å². The van der Waals surface area contributed by atoms with Gasteiger partial charge >= 0.3 is 0 Å². The summed E-state index contributed by atoms with van der Waals surface area (Å²) in [4.78, 5) is 21.1. The number of hydrogen-bond acceptors (Lipinski definition) is 7. The van der Waals surface area contributed by atoms with Gasteiger partial charge < -0.3 is 25.6 Å². The third-order valence-electron chi connectivity index (χ3n) is 3.20. The zero-order valence-electron chi connectivity index (χ0n) is 12.6. The Morgan fingerprint density at radius 2 is 2.19 bits per heavy atom. The standard InChI is InChI=1S/C13H23N5O2S/c1-17(2)5-3-4-15-12(19)10-11(14)16-13(21-10)18-6-8-20-9-7-18/h3-9,14H2,1-2H3,(H,15,19). The zero-order chi connectivity index (χ0) is 15.2. The Kier molecular flexibility index (Phi) is 5.77. The second-order valence-corrected chi connectivity index (χ2v) is 6.20. The van der Waals surface area contributed by atoms with Crippen LogP contribution in [-0.2, 0) is 4.74 Å². The Bertz CT molecular complexity index is 471. The molecule has 1 aromatic rings. The van der Waals surface area contributed by atoms with E-state index < -0.39 is 0 Å². The van der Waals surface area contributed by atoms with Gasteiger partial charge in [-0.2, -0.15) is 0 Å². The number of ether oxygens (including phenoxy) is 1. The van der Waals surface area contributed by atoms with Gasteiger partial charge in [-0.15, -0.1) is 0 Å². The Morgan fingerprint density at radius 3 is 2.86 bits per heavy atom. The predicted octanol–water partition coefficient (Wildman–Crippen LogP) is 0.243. The topological polar surface area (TPSA) is 83.7 Å². The summed E-state index contributed by atoms with van der Waals surface area (Å²) in [6.07, 6.45) is 0.910. The molecule has 21 heavy (non-hydrogen) atoms. The molecule has 1 saturated heterocycles. The van der Waals surface area contributed by atoms with Crippen LogP contribution in [0.3, 0.4) is 0 Å². The van der Waals surface area contributed by atoms with Gasteiger partial charge in [-0.3, -0.25) is 4.79 Å². The molecule has 0 unspecified atom stereocenters. The Labute approximate surface area is 129 Å². The van der Waals surface area contributed by atoms with E-state index in [2.05, 4.69) is 20.1 Å². The number of rotatable bonds is 6. The number of morpholine rings is 1. The lowest BCUT2D eigenvalue weighted by Gasteiger charge is -2.25. The van der Waals surface area contributed by atoms with Crippen molar-refractivity contribution in [2.45, 2.75) is 6.42 Å². The summed E-state index contributed by atoms with van der Waals surface area (Å²) in [6, 6.07) is 0. The van der Waals surface area contributed by atoms with Gasteiger partial charge in [0.2, 0.25) is 0 Å². The number of nitrogens with zero attached hydrogens (tertiary/aromatic N) is 3. The van der Waals surface area contributed by atoms with E-state index >= 15 is 0 Å². The van der Waals surface area contributed by atoms with Crippen LogP contribution in [0, 0.1) is 0 Å². The summed E-state index contributed by atoms with van der Waals surface area (Å²) < 4.78 is 5.31. The first-order valence-electron chi connectivity index (χ1n) is 7.10. The number of nitrogen functional groups attached to an aromatic ring is 1. The maximum atomic E-state index is 12.1. The average molecular weight is 313 g/mol. The number of amides is 1. The van der Waals surface area contributed by atoms with Gasteiger partial charge in [-0.1, -0.05) is 11.3 Å². The molecule has 1 fully saturated rings. The molecule has 0 bridgehead atoms. The fourth-order valence-electron chi connectivity index (χ4n) is 2.05. The Balaban J connectivity index is 1.90. The third kappa shape index (κ3) is 4.55. The quantitative estimate of drug-likeness (QED) is 0.732. The number of carbonyl (C=O) groups is 1. The van der Waals surface area contributed by atoms with Crippen LogP contribution in [0.1, 0.15) is 16.1 Å². The van der Waals surface area contributed by atoms with E-state index in [-0.39, 0.29) is 5.91 Å². The van der Waals surface area contributed by atoms with E-state index in [1.54, 1.807) is 0 Å². The van der Waals surface area contributed by atoms with Crippen molar-refractivity contribution >= 4 is 28.2 Å². The molecule has 1 aromatic heterocycles. The number of nitrogens with two attached hydrogens (primary N) is 1. The van der Waals surface area contributed by atoms with Crippen molar-refractivity contribution in [2.24, 2.45) is 0 Å². The number of hydrogen-bond donors (Lipinski definition) is 2. The van der Waals surface area contributed by atoms with Crippen molar-refractivity contribution in [3.63, 3.8) is 0 Å². The second kappa shape index (κ2) is 7.58. The maximum Gasteiger partial charge on any atom is 0.265 e. The molecular weight excluding hydrogens is 290 g/mol. The molecule has 118 valence electrons. The molecule has 0 aromatic carbocycles.